The summed E-state index contributed by atoms with van der Waals surface area (Å²) in [5, 5.41) is 21.3. The van der Waals surface area contributed by atoms with Crippen molar-refractivity contribution < 1.29 is 28.6 Å². The molecule has 10 heteroatoms. The summed E-state index contributed by atoms with van der Waals surface area (Å²) in [4.78, 5) is 35.5. The van der Waals surface area contributed by atoms with Gasteiger partial charge in [-0.05, 0) is 30.0 Å². The molecule has 0 spiro atoms. The van der Waals surface area contributed by atoms with Gasteiger partial charge in [-0.3, -0.25) is 24.0 Å². The lowest BCUT2D eigenvalue weighted by atomic mass is 10.0. The Kier molecular flexibility index (Phi) is 7.27. The maximum absolute atomic E-state index is 13.3. The van der Waals surface area contributed by atoms with Gasteiger partial charge in [0.05, 0.1) is 13.1 Å². The molecule has 8 nitrogen and oxygen atoms in total. The van der Waals surface area contributed by atoms with Crippen LogP contribution < -0.4 is 11.0 Å². The van der Waals surface area contributed by atoms with Crippen LogP contribution in [0.4, 0.5) is 8.78 Å². The molecule has 0 aliphatic heterocycles. The highest BCUT2D eigenvalue weighted by molar-refractivity contribution is 5.77. The Labute approximate surface area is 165 Å². The second-order valence-corrected chi connectivity index (χ2v) is 7.22. The van der Waals surface area contributed by atoms with Gasteiger partial charge in [-0.15, -0.1) is 0 Å². The van der Waals surface area contributed by atoms with E-state index in [4.69, 9.17) is 0 Å². The highest BCUT2D eigenvalue weighted by atomic mass is 19.1. The van der Waals surface area contributed by atoms with E-state index < -0.39 is 41.3 Å². The summed E-state index contributed by atoms with van der Waals surface area (Å²) in [7, 11) is 0. The minimum Gasteiger partial charge on any atom is -0.480 e. The lowest BCUT2D eigenvalue weighted by Crippen LogP contribution is -2.50. The average molecular weight is 411 g/mol. The first-order valence-electron chi connectivity index (χ1n) is 8.99. The zero-order valence-electron chi connectivity index (χ0n) is 16.0. The van der Waals surface area contributed by atoms with Gasteiger partial charge >= 0.3 is 17.6 Å². The van der Waals surface area contributed by atoms with Crippen LogP contribution in [0.1, 0.15) is 25.8 Å². The summed E-state index contributed by atoms with van der Waals surface area (Å²) >= 11 is 0. The Morgan fingerprint density at radius 2 is 1.55 bits per heavy atom. The molecule has 1 aromatic carbocycles. The molecule has 158 valence electrons. The Morgan fingerprint density at radius 1 is 1.00 bits per heavy atom. The van der Waals surface area contributed by atoms with Crippen LogP contribution in [0.25, 0.3) is 0 Å². The van der Waals surface area contributed by atoms with Crippen molar-refractivity contribution >= 4 is 11.9 Å². The van der Waals surface area contributed by atoms with E-state index in [9.17, 15) is 33.4 Å². The van der Waals surface area contributed by atoms with Crippen molar-refractivity contribution in [2.24, 2.45) is 5.92 Å². The minimum absolute atomic E-state index is 0.0218. The van der Waals surface area contributed by atoms with Gasteiger partial charge in [0.2, 0.25) is 0 Å². The van der Waals surface area contributed by atoms with Crippen molar-refractivity contribution in [3.05, 3.63) is 58.3 Å². The molecule has 2 aromatic rings. The molecule has 0 saturated carbocycles. The van der Waals surface area contributed by atoms with Gasteiger partial charge in [0, 0.05) is 18.5 Å². The largest absolute Gasteiger partial charge is 0.480 e. The Morgan fingerprint density at radius 3 is 2.07 bits per heavy atom. The van der Waals surface area contributed by atoms with E-state index in [0.717, 1.165) is 22.8 Å². The fourth-order valence-corrected chi connectivity index (χ4v) is 2.96. The van der Waals surface area contributed by atoms with Gasteiger partial charge in [-0.25, -0.2) is 13.6 Å². The first-order valence-corrected chi connectivity index (χ1v) is 8.99. The molecule has 3 N–H and O–H groups in total. The Bertz CT molecular complexity index is 918. The smallest absolute Gasteiger partial charge is 0.328 e. The molecule has 2 atom stereocenters. The van der Waals surface area contributed by atoms with Crippen molar-refractivity contribution in [1.82, 2.24) is 14.5 Å². The Hall–Kier alpha value is -3.01. The molecule has 29 heavy (non-hydrogen) atoms. The first-order chi connectivity index (χ1) is 13.6. The van der Waals surface area contributed by atoms with Crippen LogP contribution in [0.15, 0.2) is 35.4 Å². The van der Waals surface area contributed by atoms with Crippen LogP contribution in [-0.4, -0.2) is 43.4 Å². The summed E-state index contributed by atoms with van der Waals surface area (Å²) in [6.45, 7) is 3.22. The van der Waals surface area contributed by atoms with Crippen LogP contribution >= 0.6 is 0 Å². The second kappa shape index (κ2) is 9.46. The molecule has 0 aliphatic carbocycles. The molecule has 0 fully saturated rings. The maximum Gasteiger partial charge on any atom is 0.328 e. The highest BCUT2D eigenvalue weighted by Gasteiger charge is 2.27. The zero-order valence-corrected chi connectivity index (χ0v) is 16.0. The van der Waals surface area contributed by atoms with Crippen LogP contribution in [0.5, 0.6) is 0 Å². The van der Waals surface area contributed by atoms with Crippen molar-refractivity contribution in [2.75, 3.05) is 0 Å². The number of benzene rings is 1. The highest BCUT2D eigenvalue weighted by Crippen LogP contribution is 2.10. The normalized spacial score (nSPS) is 13.4. The van der Waals surface area contributed by atoms with Gasteiger partial charge in [0.15, 0.2) is 0 Å². The van der Waals surface area contributed by atoms with E-state index in [0.29, 0.717) is 0 Å². The SMILES string of the molecule is CC(C)CC(NC(Cn1ccn(Cc2cc(F)cc(F)c2)c1=O)C(=O)O)C(=O)O. The summed E-state index contributed by atoms with van der Waals surface area (Å²) in [5.74, 6) is -4.00. The van der Waals surface area contributed by atoms with E-state index in [2.05, 4.69) is 5.32 Å². The van der Waals surface area contributed by atoms with Crippen molar-refractivity contribution in [3.63, 3.8) is 0 Å². The minimum atomic E-state index is -1.31. The quantitative estimate of drug-likeness (QED) is 0.546. The third kappa shape index (κ3) is 6.24. The molecule has 0 bridgehead atoms. The summed E-state index contributed by atoms with van der Waals surface area (Å²) in [5.41, 5.74) is -0.350. The van der Waals surface area contributed by atoms with E-state index in [-0.39, 0.29) is 31.0 Å². The number of hydrogen-bond donors (Lipinski definition) is 3. The Balaban J connectivity index is 2.17. The molecule has 0 aliphatic rings. The number of nitrogens with one attached hydrogen (secondary N) is 1. The zero-order chi connectivity index (χ0) is 21.7. The summed E-state index contributed by atoms with van der Waals surface area (Å²) in [6.07, 6.45) is 2.93. The predicted octanol–water partition coefficient (Wildman–Crippen LogP) is 1.52. The van der Waals surface area contributed by atoms with Crippen molar-refractivity contribution in [2.45, 2.75) is 45.4 Å². The number of aliphatic carboxylic acids is 2. The number of carboxylic acid groups (broad SMARTS) is 2. The number of imidazole rings is 1. The lowest BCUT2D eigenvalue weighted by molar-refractivity contribution is -0.143. The number of rotatable bonds is 10. The molecular weight excluding hydrogens is 388 g/mol. The van der Waals surface area contributed by atoms with Crippen LogP contribution in [-0.2, 0) is 22.7 Å². The fraction of sp³-hybridized carbons (Fsp3) is 0.421. The maximum atomic E-state index is 13.3. The van der Waals surface area contributed by atoms with Gasteiger partial charge in [-0.2, -0.15) is 0 Å². The first kappa shape index (κ1) is 22.3. The fourth-order valence-electron chi connectivity index (χ4n) is 2.96. The van der Waals surface area contributed by atoms with Crippen molar-refractivity contribution in [3.8, 4) is 0 Å². The predicted molar refractivity (Wildman–Crippen MR) is 99.6 cm³/mol. The van der Waals surface area contributed by atoms with Gasteiger partial charge < -0.3 is 10.2 Å². The molecule has 2 rings (SSSR count). The second-order valence-electron chi connectivity index (χ2n) is 7.22. The van der Waals surface area contributed by atoms with E-state index in [1.54, 1.807) is 0 Å². The van der Waals surface area contributed by atoms with Gasteiger partial charge in [0.1, 0.15) is 23.7 Å². The van der Waals surface area contributed by atoms with Crippen molar-refractivity contribution in [1.29, 1.82) is 0 Å². The topological polar surface area (TPSA) is 114 Å². The number of nitrogens with zero attached hydrogens (tertiary/aromatic N) is 2. The third-order valence-corrected chi connectivity index (χ3v) is 4.28. The van der Waals surface area contributed by atoms with E-state index in [1.807, 2.05) is 13.8 Å². The molecule has 1 aromatic heterocycles. The number of halogens is 2. The number of carbonyl (C=O) groups is 2. The van der Waals surface area contributed by atoms with E-state index in [1.165, 1.54) is 17.0 Å². The number of carboxylic acids is 2. The molecule has 0 amide bonds. The monoisotopic (exact) mass is 411 g/mol. The van der Waals surface area contributed by atoms with Crippen LogP contribution in [0.3, 0.4) is 0 Å². The van der Waals surface area contributed by atoms with Gasteiger partial charge in [0.25, 0.3) is 0 Å². The molecule has 0 saturated heterocycles. The molecule has 0 radical (unpaired) electrons. The molecular formula is C19H23F2N3O5. The standard InChI is InChI=1S/C19H23F2N3O5/c1-11(2)5-15(17(25)26)22-16(18(27)28)10-24-4-3-23(19(24)29)9-12-6-13(20)8-14(21)7-12/h3-4,6-8,11,15-16,22H,5,9-10H2,1-2H3,(H,25,26)(H,27,28). The number of hydrogen-bond acceptors (Lipinski definition) is 4. The van der Waals surface area contributed by atoms with Crippen LogP contribution in [0, 0.1) is 17.6 Å². The third-order valence-electron chi connectivity index (χ3n) is 4.28. The average Bonchev–Trinajstić information content (AvgIpc) is 2.92. The lowest BCUT2D eigenvalue weighted by Gasteiger charge is -2.21. The molecule has 1 heterocycles. The van der Waals surface area contributed by atoms with Gasteiger partial charge in [-0.1, -0.05) is 13.8 Å². The van der Waals surface area contributed by atoms with Crippen LogP contribution in [0.2, 0.25) is 0 Å². The molecule has 2 unspecified atom stereocenters. The summed E-state index contributed by atoms with van der Waals surface area (Å²) in [6, 6.07) is 0.519. The van der Waals surface area contributed by atoms with E-state index >= 15 is 0 Å². The summed E-state index contributed by atoms with van der Waals surface area (Å²) < 4.78 is 28.9. The number of aromatic nitrogens is 2.